The summed E-state index contributed by atoms with van der Waals surface area (Å²) in [7, 11) is 0. The minimum atomic E-state index is 0.302. The van der Waals surface area contributed by atoms with Gasteiger partial charge in [-0.15, -0.1) is 0 Å². The fourth-order valence-electron chi connectivity index (χ4n) is 4.04. The molecule has 0 atom stereocenters. The molecule has 0 radical (unpaired) electrons. The van der Waals surface area contributed by atoms with Gasteiger partial charge in [0.2, 0.25) is 5.91 Å². The Hall–Kier alpha value is -1.02. The van der Waals surface area contributed by atoms with Crippen molar-refractivity contribution in [1.82, 2.24) is 4.90 Å². The number of benzene rings is 1. The van der Waals surface area contributed by atoms with Gasteiger partial charge in [-0.3, -0.25) is 4.79 Å². The van der Waals surface area contributed by atoms with Crippen molar-refractivity contribution in [3.63, 3.8) is 0 Å². The molecule has 4 rings (SSSR count). The molecule has 3 heteroatoms. The van der Waals surface area contributed by atoms with Crippen molar-refractivity contribution >= 4 is 17.5 Å². The van der Waals surface area contributed by atoms with E-state index in [1.165, 1.54) is 31.2 Å². The first kappa shape index (κ1) is 13.6. The standard InChI is InChI=1S/C18H22ClNO/c19-16-3-1-2-14(10-16)15-11-20(12-15)17(21)13-4-6-18(7-5-13)8-9-18/h1-3,10,13,15H,4-9,11-12H2. The highest BCUT2D eigenvalue weighted by molar-refractivity contribution is 6.30. The topological polar surface area (TPSA) is 20.3 Å². The average Bonchev–Trinajstić information content (AvgIpc) is 3.17. The summed E-state index contributed by atoms with van der Waals surface area (Å²) in [6.07, 6.45) is 7.64. The van der Waals surface area contributed by atoms with Crippen molar-refractivity contribution in [3.05, 3.63) is 34.9 Å². The van der Waals surface area contributed by atoms with Crippen molar-refractivity contribution in [2.24, 2.45) is 11.3 Å². The smallest absolute Gasteiger partial charge is 0.225 e. The lowest BCUT2D eigenvalue weighted by atomic mass is 9.78. The van der Waals surface area contributed by atoms with E-state index in [1.54, 1.807) is 0 Å². The number of halogens is 1. The molecule has 112 valence electrons. The number of carbonyl (C=O) groups excluding carboxylic acids is 1. The molecule has 2 saturated carbocycles. The molecule has 0 unspecified atom stereocenters. The van der Waals surface area contributed by atoms with Crippen molar-refractivity contribution in [1.29, 1.82) is 0 Å². The zero-order valence-corrected chi connectivity index (χ0v) is 13.1. The van der Waals surface area contributed by atoms with Crippen LogP contribution in [0.1, 0.15) is 50.0 Å². The second kappa shape index (κ2) is 5.01. The third-order valence-electron chi connectivity index (χ3n) is 5.87. The summed E-state index contributed by atoms with van der Waals surface area (Å²) < 4.78 is 0. The summed E-state index contributed by atoms with van der Waals surface area (Å²) in [5, 5.41) is 0.791. The molecule has 2 aliphatic carbocycles. The minimum absolute atomic E-state index is 0.302. The second-order valence-corrected chi connectivity index (χ2v) is 7.71. The third-order valence-corrected chi connectivity index (χ3v) is 6.10. The van der Waals surface area contributed by atoms with Gasteiger partial charge in [0.1, 0.15) is 0 Å². The first-order chi connectivity index (χ1) is 10.2. The Kier molecular flexibility index (Phi) is 3.25. The summed E-state index contributed by atoms with van der Waals surface area (Å²) in [6.45, 7) is 1.75. The Balaban J connectivity index is 1.32. The Morgan fingerprint density at radius 2 is 1.86 bits per heavy atom. The largest absolute Gasteiger partial charge is 0.341 e. The van der Waals surface area contributed by atoms with E-state index in [9.17, 15) is 4.79 Å². The molecule has 1 heterocycles. The van der Waals surface area contributed by atoms with Crippen LogP contribution in [0.15, 0.2) is 24.3 Å². The quantitative estimate of drug-likeness (QED) is 0.800. The molecular formula is C18H22ClNO. The van der Waals surface area contributed by atoms with E-state index in [1.807, 2.05) is 18.2 Å². The van der Waals surface area contributed by atoms with Crippen LogP contribution in [-0.4, -0.2) is 23.9 Å². The Labute approximate surface area is 131 Å². The first-order valence-electron chi connectivity index (χ1n) is 8.20. The minimum Gasteiger partial charge on any atom is -0.341 e. The van der Waals surface area contributed by atoms with Gasteiger partial charge in [0.15, 0.2) is 0 Å². The van der Waals surface area contributed by atoms with Crippen LogP contribution in [0.5, 0.6) is 0 Å². The monoisotopic (exact) mass is 303 g/mol. The fourth-order valence-corrected chi connectivity index (χ4v) is 4.24. The van der Waals surface area contributed by atoms with Crippen molar-refractivity contribution in [2.75, 3.05) is 13.1 Å². The number of hydrogen-bond donors (Lipinski definition) is 0. The molecule has 1 aromatic rings. The van der Waals surface area contributed by atoms with Gasteiger partial charge < -0.3 is 4.90 Å². The summed E-state index contributed by atoms with van der Waals surface area (Å²) in [5.41, 5.74) is 1.95. The number of likely N-dealkylation sites (tertiary alicyclic amines) is 1. The van der Waals surface area contributed by atoms with Gasteiger partial charge in [0.05, 0.1) is 0 Å². The van der Waals surface area contributed by atoms with Crippen molar-refractivity contribution < 1.29 is 4.79 Å². The highest BCUT2D eigenvalue weighted by Gasteiger charge is 2.47. The molecule has 1 spiro atoms. The average molecular weight is 304 g/mol. The molecule has 1 amide bonds. The maximum absolute atomic E-state index is 12.6. The van der Waals surface area contributed by atoms with Gasteiger partial charge in [0.25, 0.3) is 0 Å². The number of amides is 1. The van der Waals surface area contributed by atoms with Crippen molar-refractivity contribution in [2.45, 2.75) is 44.4 Å². The van der Waals surface area contributed by atoms with E-state index in [-0.39, 0.29) is 0 Å². The molecule has 0 bridgehead atoms. The van der Waals surface area contributed by atoms with Crippen LogP contribution in [0.3, 0.4) is 0 Å². The van der Waals surface area contributed by atoms with Crippen LogP contribution in [0.25, 0.3) is 0 Å². The van der Waals surface area contributed by atoms with Crippen LogP contribution in [-0.2, 0) is 4.79 Å². The number of nitrogens with zero attached hydrogens (tertiary/aromatic N) is 1. The predicted octanol–water partition coefficient (Wildman–Crippen LogP) is 4.24. The Morgan fingerprint density at radius 1 is 1.14 bits per heavy atom. The fraction of sp³-hybridized carbons (Fsp3) is 0.611. The highest BCUT2D eigenvalue weighted by atomic mass is 35.5. The highest BCUT2D eigenvalue weighted by Crippen LogP contribution is 2.57. The Morgan fingerprint density at radius 3 is 2.48 bits per heavy atom. The van der Waals surface area contributed by atoms with E-state index in [0.29, 0.717) is 23.2 Å². The maximum Gasteiger partial charge on any atom is 0.225 e. The molecule has 0 N–H and O–H groups in total. The molecule has 3 aliphatic rings. The lowest BCUT2D eigenvalue weighted by Gasteiger charge is -2.42. The van der Waals surface area contributed by atoms with E-state index in [0.717, 1.165) is 31.0 Å². The Bertz CT molecular complexity index is 550. The second-order valence-electron chi connectivity index (χ2n) is 7.27. The van der Waals surface area contributed by atoms with Gasteiger partial charge in [-0.25, -0.2) is 0 Å². The van der Waals surface area contributed by atoms with E-state index in [4.69, 9.17) is 11.6 Å². The third kappa shape index (κ3) is 2.59. The van der Waals surface area contributed by atoms with Crippen LogP contribution < -0.4 is 0 Å². The van der Waals surface area contributed by atoms with Gasteiger partial charge in [-0.05, 0) is 61.6 Å². The van der Waals surface area contributed by atoms with Gasteiger partial charge in [-0.2, -0.15) is 0 Å². The van der Waals surface area contributed by atoms with E-state index in [2.05, 4.69) is 11.0 Å². The summed E-state index contributed by atoms with van der Waals surface area (Å²) in [5.74, 6) is 1.19. The van der Waals surface area contributed by atoms with Crippen LogP contribution in [0.4, 0.5) is 0 Å². The first-order valence-corrected chi connectivity index (χ1v) is 8.57. The van der Waals surface area contributed by atoms with Crippen LogP contribution in [0, 0.1) is 11.3 Å². The molecule has 2 nitrogen and oxygen atoms in total. The van der Waals surface area contributed by atoms with Gasteiger partial charge in [0, 0.05) is 29.9 Å². The maximum atomic E-state index is 12.6. The molecule has 3 fully saturated rings. The van der Waals surface area contributed by atoms with Crippen LogP contribution >= 0.6 is 11.6 Å². The summed E-state index contributed by atoms with van der Waals surface area (Å²) in [4.78, 5) is 14.6. The summed E-state index contributed by atoms with van der Waals surface area (Å²) in [6, 6.07) is 8.06. The molecule has 1 saturated heterocycles. The SMILES string of the molecule is O=C(C1CCC2(CC1)CC2)N1CC(c2cccc(Cl)c2)C1. The number of hydrogen-bond acceptors (Lipinski definition) is 1. The number of rotatable bonds is 2. The van der Waals surface area contributed by atoms with Gasteiger partial charge in [-0.1, -0.05) is 23.7 Å². The van der Waals surface area contributed by atoms with E-state index >= 15 is 0 Å². The lowest BCUT2D eigenvalue weighted by Crippen LogP contribution is -2.51. The molecule has 21 heavy (non-hydrogen) atoms. The molecular weight excluding hydrogens is 282 g/mol. The zero-order valence-electron chi connectivity index (χ0n) is 12.4. The van der Waals surface area contributed by atoms with Gasteiger partial charge >= 0.3 is 0 Å². The lowest BCUT2D eigenvalue weighted by molar-refractivity contribution is -0.141. The van der Waals surface area contributed by atoms with Crippen LogP contribution in [0.2, 0.25) is 5.02 Å². The number of carbonyl (C=O) groups is 1. The summed E-state index contributed by atoms with van der Waals surface area (Å²) >= 11 is 6.04. The predicted molar refractivity (Wildman–Crippen MR) is 84.4 cm³/mol. The van der Waals surface area contributed by atoms with E-state index < -0.39 is 0 Å². The normalized spacial score (nSPS) is 24.9. The molecule has 1 aliphatic heterocycles. The molecule has 1 aromatic carbocycles. The molecule has 0 aromatic heterocycles. The van der Waals surface area contributed by atoms with Crippen molar-refractivity contribution in [3.8, 4) is 0 Å². The zero-order chi connectivity index (χ0) is 14.4.